The molecule has 4 rings (SSSR count). The van der Waals surface area contributed by atoms with Gasteiger partial charge < -0.3 is 9.47 Å². The molecule has 3 aromatic rings. The highest BCUT2D eigenvalue weighted by molar-refractivity contribution is 9.10. The van der Waals surface area contributed by atoms with Gasteiger partial charge in [-0.25, -0.2) is 0 Å². The highest BCUT2D eigenvalue weighted by Gasteiger charge is 2.30. The van der Waals surface area contributed by atoms with Crippen molar-refractivity contribution in [3.8, 4) is 11.5 Å². The maximum absolute atomic E-state index is 12.6. The van der Waals surface area contributed by atoms with Crippen molar-refractivity contribution in [3.05, 3.63) is 93.4 Å². The first-order valence-electron chi connectivity index (χ1n) is 8.47. The fourth-order valence-corrected chi connectivity index (χ4v) is 3.14. The van der Waals surface area contributed by atoms with Gasteiger partial charge in [0.05, 0.1) is 5.56 Å². The third-order valence-electron chi connectivity index (χ3n) is 4.35. The van der Waals surface area contributed by atoms with E-state index in [1.165, 1.54) is 0 Å². The molecule has 0 fully saturated rings. The summed E-state index contributed by atoms with van der Waals surface area (Å²) in [6.45, 7) is 2.35. The summed E-state index contributed by atoms with van der Waals surface area (Å²) in [6, 6.07) is 15.2. The van der Waals surface area contributed by atoms with Gasteiger partial charge in [-0.2, -0.15) is 0 Å². The molecule has 1 aliphatic rings. The molecule has 2 aromatic carbocycles. The SMILES string of the molecule is Cc1c(OCc2ccc(Br)cc2)ccc2c1O/C(=C\c1ccncc1)C2=O. The minimum Gasteiger partial charge on any atom is -0.488 e. The molecule has 0 radical (unpaired) electrons. The molecule has 0 atom stereocenters. The minimum absolute atomic E-state index is 0.121. The molecular formula is C22H16BrNO3. The van der Waals surface area contributed by atoms with Gasteiger partial charge in [0, 0.05) is 22.4 Å². The van der Waals surface area contributed by atoms with Gasteiger partial charge in [-0.3, -0.25) is 9.78 Å². The monoisotopic (exact) mass is 421 g/mol. The zero-order chi connectivity index (χ0) is 18.8. The van der Waals surface area contributed by atoms with Crippen molar-refractivity contribution in [2.24, 2.45) is 0 Å². The van der Waals surface area contributed by atoms with Crippen LogP contribution in [0.4, 0.5) is 0 Å². The summed E-state index contributed by atoms with van der Waals surface area (Å²) in [4.78, 5) is 16.6. The molecule has 27 heavy (non-hydrogen) atoms. The number of halogens is 1. The smallest absolute Gasteiger partial charge is 0.231 e. The van der Waals surface area contributed by atoms with Gasteiger partial charge in [-0.05, 0) is 60.5 Å². The zero-order valence-corrected chi connectivity index (χ0v) is 16.2. The maximum Gasteiger partial charge on any atom is 0.231 e. The van der Waals surface area contributed by atoms with E-state index in [1.807, 2.05) is 49.4 Å². The van der Waals surface area contributed by atoms with Crippen LogP contribution < -0.4 is 9.47 Å². The summed E-state index contributed by atoms with van der Waals surface area (Å²) in [5.74, 6) is 1.46. The maximum atomic E-state index is 12.6. The largest absolute Gasteiger partial charge is 0.488 e. The lowest BCUT2D eigenvalue weighted by Gasteiger charge is -2.11. The Morgan fingerprint density at radius 3 is 2.56 bits per heavy atom. The molecule has 0 spiro atoms. The lowest BCUT2D eigenvalue weighted by Crippen LogP contribution is -1.98. The fraction of sp³-hybridized carbons (Fsp3) is 0.0909. The van der Waals surface area contributed by atoms with E-state index in [-0.39, 0.29) is 5.78 Å². The van der Waals surface area contributed by atoms with E-state index in [9.17, 15) is 4.79 Å². The average Bonchev–Trinajstić information content (AvgIpc) is 3.00. The number of allylic oxidation sites excluding steroid dienone is 1. The predicted octanol–water partition coefficient (Wildman–Crippen LogP) is 5.35. The van der Waals surface area contributed by atoms with Gasteiger partial charge in [-0.1, -0.05) is 28.1 Å². The van der Waals surface area contributed by atoms with Crippen LogP contribution in [0.5, 0.6) is 11.5 Å². The second-order valence-electron chi connectivity index (χ2n) is 6.20. The summed E-state index contributed by atoms with van der Waals surface area (Å²) in [5.41, 5.74) is 3.30. The van der Waals surface area contributed by atoms with Crippen LogP contribution in [0, 0.1) is 6.92 Å². The van der Waals surface area contributed by atoms with Gasteiger partial charge in [0.1, 0.15) is 18.1 Å². The summed E-state index contributed by atoms with van der Waals surface area (Å²) in [7, 11) is 0. The van der Waals surface area contributed by atoms with Crippen molar-refractivity contribution in [2.75, 3.05) is 0 Å². The Morgan fingerprint density at radius 1 is 1.07 bits per heavy atom. The molecule has 4 nitrogen and oxygen atoms in total. The molecule has 1 aliphatic heterocycles. The van der Waals surface area contributed by atoms with Crippen molar-refractivity contribution in [2.45, 2.75) is 13.5 Å². The summed E-state index contributed by atoms with van der Waals surface area (Å²) >= 11 is 3.42. The number of ether oxygens (including phenoxy) is 2. The fourth-order valence-electron chi connectivity index (χ4n) is 2.88. The first kappa shape index (κ1) is 17.5. The second-order valence-corrected chi connectivity index (χ2v) is 7.12. The molecule has 0 amide bonds. The van der Waals surface area contributed by atoms with E-state index in [0.717, 1.165) is 21.2 Å². The van der Waals surface area contributed by atoms with Gasteiger partial charge in [0.15, 0.2) is 5.76 Å². The second kappa shape index (κ2) is 7.37. The summed E-state index contributed by atoms with van der Waals surface area (Å²) in [6.07, 6.45) is 5.09. The quantitative estimate of drug-likeness (QED) is 0.532. The third kappa shape index (κ3) is 3.64. The number of nitrogens with zero attached hydrogens (tertiary/aromatic N) is 1. The van der Waals surface area contributed by atoms with Crippen molar-refractivity contribution in [1.82, 2.24) is 4.98 Å². The van der Waals surface area contributed by atoms with Crippen molar-refractivity contribution in [1.29, 1.82) is 0 Å². The van der Waals surface area contributed by atoms with Gasteiger partial charge in [0.2, 0.25) is 5.78 Å². The molecule has 2 heterocycles. The van der Waals surface area contributed by atoms with Crippen LogP contribution in [0.3, 0.4) is 0 Å². The van der Waals surface area contributed by atoms with Gasteiger partial charge >= 0.3 is 0 Å². The predicted molar refractivity (Wildman–Crippen MR) is 107 cm³/mol. The molecule has 5 heteroatoms. The number of ketones is 1. The molecule has 134 valence electrons. The van der Waals surface area contributed by atoms with Crippen molar-refractivity contribution >= 4 is 27.8 Å². The number of pyridine rings is 1. The Labute approximate surface area is 165 Å². The van der Waals surface area contributed by atoms with Crippen molar-refractivity contribution < 1.29 is 14.3 Å². The van der Waals surface area contributed by atoms with E-state index in [4.69, 9.17) is 9.47 Å². The number of carbonyl (C=O) groups is 1. The van der Waals surface area contributed by atoms with Crippen LogP contribution in [-0.2, 0) is 6.61 Å². The minimum atomic E-state index is -0.121. The first-order valence-corrected chi connectivity index (χ1v) is 9.26. The van der Waals surface area contributed by atoms with E-state index in [2.05, 4.69) is 20.9 Å². The number of hydrogen-bond donors (Lipinski definition) is 0. The molecule has 0 N–H and O–H groups in total. The normalized spacial score (nSPS) is 14.1. The molecular weight excluding hydrogens is 406 g/mol. The topological polar surface area (TPSA) is 48.4 Å². The Balaban J connectivity index is 1.56. The number of hydrogen-bond acceptors (Lipinski definition) is 4. The molecule has 0 unspecified atom stereocenters. The molecule has 0 aliphatic carbocycles. The molecule has 0 saturated heterocycles. The van der Waals surface area contributed by atoms with Crippen LogP contribution >= 0.6 is 15.9 Å². The molecule has 0 bridgehead atoms. The van der Waals surface area contributed by atoms with Crippen LogP contribution in [0.15, 0.2) is 71.2 Å². The van der Waals surface area contributed by atoms with E-state index >= 15 is 0 Å². The van der Waals surface area contributed by atoms with Crippen molar-refractivity contribution in [3.63, 3.8) is 0 Å². The Bertz CT molecular complexity index is 1030. The van der Waals surface area contributed by atoms with Crippen LogP contribution in [-0.4, -0.2) is 10.8 Å². The number of fused-ring (bicyclic) bond motifs is 1. The Kier molecular flexibility index (Phi) is 4.77. The standard InChI is InChI=1S/C22H16BrNO3/c1-14-19(26-13-16-2-4-17(23)5-3-16)7-6-18-21(25)20(27-22(14)18)12-15-8-10-24-11-9-15/h2-12H,13H2,1H3/b20-12-. The zero-order valence-electron chi connectivity index (χ0n) is 14.6. The average molecular weight is 422 g/mol. The third-order valence-corrected chi connectivity index (χ3v) is 4.88. The lowest BCUT2D eigenvalue weighted by atomic mass is 10.1. The molecule has 0 saturated carbocycles. The Hall–Kier alpha value is -2.92. The summed E-state index contributed by atoms with van der Waals surface area (Å²) in [5, 5.41) is 0. The number of aromatic nitrogens is 1. The number of benzene rings is 2. The van der Waals surface area contributed by atoms with E-state index in [0.29, 0.717) is 29.4 Å². The molecule has 1 aromatic heterocycles. The number of rotatable bonds is 4. The van der Waals surface area contributed by atoms with E-state index < -0.39 is 0 Å². The highest BCUT2D eigenvalue weighted by atomic mass is 79.9. The number of carbonyl (C=O) groups excluding carboxylic acids is 1. The van der Waals surface area contributed by atoms with Crippen LogP contribution in [0.2, 0.25) is 0 Å². The Morgan fingerprint density at radius 2 is 1.81 bits per heavy atom. The highest BCUT2D eigenvalue weighted by Crippen LogP contribution is 2.39. The van der Waals surface area contributed by atoms with Crippen LogP contribution in [0.25, 0.3) is 6.08 Å². The summed E-state index contributed by atoms with van der Waals surface area (Å²) < 4.78 is 12.8. The van der Waals surface area contributed by atoms with Gasteiger partial charge in [0.25, 0.3) is 0 Å². The van der Waals surface area contributed by atoms with E-state index in [1.54, 1.807) is 24.5 Å². The first-order chi connectivity index (χ1) is 13.1. The number of Topliss-reactive ketones (excluding diaryl/α,β-unsaturated/α-hetero) is 1. The van der Waals surface area contributed by atoms with Gasteiger partial charge in [-0.15, -0.1) is 0 Å². The van der Waals surface area contributed by atoms with Crippen LogP contribution in [0.1, 0.15) is 27.0 Å². The lowest BCUT2D eigenvalue weighted by molar-refractivity contribution is 0.101.